The predicted molar refractivity (Wildman–Crippen MR) is 155 cm³/mol. The third kappa shape index (κ3) is 5.91. The van der Waals surface area contributed by atoms with E-state index >= 15 is 0 Å². The van der Waals surface area contributed by atoms with Gasteiger partial charge in [-0.05, 0) is 112 Å². The number of rotatable bonds is 8. The molecule has 0 amide bonds. The van der Waals surface area contributed by atoms with E-state index in [1.165, 1.54) is 36.3 Å². The van der Waals surface area contributed by atoms with E-state index in [4.69, 9.17) is 0 Å². The van der Waals surface area contributed by atoms with Crippen LogP contribution in [0.2, 0.25) is 0 Å². The van der Waals surface area contributed by atoms with Gasteiger partial charge < -0.3 is 10.0 Å². The third-order valence-electron chi connectivity index (χ3n) is 9.40. The molecule has 0 spiro atoms. The summed E-state index contributed by atoms with van der Waals surface area (Å²) in [6.07, 6.45) is 9.02. The third-order valence-corrected chi connectivity index (χ3v) is 10.1. The van der Waals surface area contributed by atoms with Crippen LogP contribution in [0.1, 0.15) is 91.5 Å². The minimum absolute atomic E-state index is 0.0982. The zero-order valence-electron chi connectivity index (χ0n) is 23.9. The molecule has 35 heavy (non-hydrogen) atoms. The van der Waals surface area contributed by atoms with Crippen molar-refractivity contribution in [3.8, 4) is 11.8 Å². The number of benzene rings is 1. The Morgan fingerprint density at radius 3 is 2.40 bits per heavy atom. The first-order valence-corrected chi connectivity index (χ1v) is 15.3. The largest absolute Gasteiger partial charge is 0.378 e. The van der Waals surface area contributed by atoms with E-state index < -0.39 is 5.60 Å². The molecule has 0 radical (unpaired) electrons. The maximum Gasteiger partial charge on any atom is 0.131 e. The van der Waals surface area contributed by atoms with Crippen LogP contribution in [0, 0.1) is 46.3 Å². The summed E-state index contributed by atoms with van der Waals surface area (Å²) >= 11 is 1.97. The molecule has 3 heteroatoms. The van der Waals surface area contributed by atoms with E-state index in [0.717, 1.165) is 25.2 Å². The summed E-state index contributed by atoms with van der Waals surface area (Å²) in [4.78, 5) is 2.18. The van der Waals surface area contributed by atoms with Crippen LogP contribution >= 0.6 is 11.8 Å². The average molecular weight is 498 g/mol. The van der Waals surface area contributed by atoms with E-state index in [0.29, 0.717) is 23.7 Å². The normalized spacial score (nSPS) is 33.5. The van der Waals surface area contributed by atoms with Gasteiger partial charge in [0.05, 0.1) is 0 Å². The quantitative estimate of drug-likeness (QED) is 0.292. The van der Waals surface area contributed by atoms with Crippen molar-refractivity contribution in [2.45, 2.75) is 91.6 Å². The molecule has 0 saturated heterocycles. The SMILES string of the molecule is CC[C@H](CCCSC)[C@@H]1[C@@H](C)[C@@H]2CC[C@@](O)(C#CC(C)(C)C)[C@@]2(C)C[C@@H]1c1ccc(N(C)C)cc1. The summed E-state index contributed by atoms with van der Waals surface area (Å²) in [5.41, 5.74) is 1.53. The highest BCUT2D eigenvalue weighted by atomic mass is 32.2. The van der Waals surface area contributed by atoms with Crippen LogP contribution < -0.4 is 4.90 Å². The van der Waals surface area contributed by atoms with E-state index in [9.17, 15) is 5.11 Å². The second-order valence-corrected chi connectivity index (χ2v) is 13.9. The molecule has 2 aliphatic rings. The van der Waals surface area contributed by atoms with Crippen molar-refractivity contribution in [2.75, 3.05) is 31.0 Å². The first-order valence-electron chi connectivity index (χ1n) is 13.9. The Kier molecular flexibility index (Phi) is 9.03. The Hall–Kier alpha value is -1.11. The highest BCUT2D eigenvalue weighted by Gasteiger charge is 2.62. The minimum atomic E-state index is -0.896. The second kappa shape index (κ2) is 11.1. The lowest BCUT2D eigenvalue weighted by Gasteiger charge is -2.55. The number of fused-ring (bicyclic) bond motifs is 1. The maximum atomic E-state index is 12.1. The Morgan fingerprint density at radius 2 is 1.86 bits per heavy atom. The van der Waals surface area contributed by atoms with E-state index in [2.05, 4.69) is 103 Å². The molecule has 7 atom stereocenters. The highest BCUT2D eigenvalue weighted by molar-refractivity contribution is 7.98. The van der Waals surface area contributed by atoms with Gasteiger partial charge in [-0.3, -0.25) is 0 Å². The molecule has 0 heterocycles. The summed E-state index contributed by atoms with van der Waals surface area (Å²) in [6.45, 7) is 13.7. The summed E-state index contributed by atoms with van der Waals surface area (Å²) in [7, 11) is 4.22. The van der Waals surface area contributed by atoms with Gasteiger partial charge in [0.1, 0.15) is 5.60 Å². The standard InChI is InChI=1S/C32H51NOS/c1-10-24(12-11-21-35-9)29-23(2)28-17-18-32(34,20-19-30(3,4)5)31(28,6)22-27(29)25-13-15-26(16-14-25)33(7)8/h13-16,23-24,27-29,34H,10-12,17-18,21-22H2,1-9H3/t23-,24+,27+,28-,29-,31-,32+/m0/s1. The van der Waals surface area contributed by atoms with Crippen LogP contribution in [0.15, 0.2) is 24.3 Å². The van der Waals surface area contributed by atoms with Crippen molar-refractivity contribution in [2.24, 2.45) is 34.5 Å². The molecule has 0 aliphatic heterocycles. The van der Waals surface area contributed by atoms with Crippen molar-refractivity contribution in [3.05, 3.63) is 29.8 Å². The summed E-state index contributed by atoms with van der Waals surface area (Å²) < 4.78 is 0. The van der Waals surface area contributed by atoms with Crippen LogP contribution in [0.4, 0.5) is 5.69 Å². The lowest BCUT2D eigenvalue weighted by Crippen LogP contribution is -2.52. The summed E-state index contributed by atoms with van der Waals surface area (Å²) in [5.74, 6) is 11.1. The van der Waals surface area contributed by atoms with E-state index in [1.54, 1.807) is 0 Å². The molecular weight excluding hydrogens is 446 g/mol. The monoisotopic (exact) mass is 497 g/mol. The molecule has 196 valence electrons. The number of anilines is 1. The van der Waals surface area contributed by atoms with Crippen molar-refractivity contribution < 1.29 is 5.11 Å². The number of hydrogen-bond donors (Lipinski definition) is 1. The van der Waals surface area contributed by atoms with Gasteiger partial charge in [0.25, 0.3) is 0 Å². The predicted octanol–water partition coefficient (Wildman–Crippen LogP) is 7.86. The maximum absolute atomic E-state index is 12.1. The highest BCUT2D eigenvalue weighted by Crippen LogP contribution is 2.65. The van der Waals surface area contributed by atoms with Gasteiger partial charge in [-0.1, -0.05) is 51.2 Å². The summed E-state index contributed by atoms with van der Waals surface area (Å²) in [5, 5.41) is 12.1. The van der Waals surface area contributed by atoms with Crippen LogP contribution in [-0.2, 0) is 0 Å². The second-order valence-electron chi connectivity index (χ2n) is 13.0. The van der Waals surface area contributed by atoms with Gasteiger partial charge in [-0.15, -0.1) is 0 Å². The summed E-state index contributed by atoms with van der Waals surface area (Å²) in [6, 6.07) is 9.29. The van der Waals surface area contributed by atoms with Crippen molar-refractivity contribution in [1.82, 2.24) is 0 Å². The minimum Gasteiger partial charge on any atom is -0.378 e. The van der Waals surface area contributed by atoms with Crippen molar-refractivity contribution in [3.63, 3.8) is 0 Å². The fourth-order valence-electron chi connectivity index (χ4n) is 7.44. The molecule has 1 N–H and O–H groups in total. The molecule has 0 unspecified atom stereocenters. The molecule has 2 fully saturated rings. The average Bonchev–Trinajstić information content (AvgIpc) is 3.07. The molecule has 0 bridgehead atoms. The molecule has 2 aliphatic carbocycles. The molecule has 1 aromatic carbocycles. The molecule has 0 aromatic heterocycles. The van der Waals surface area contributed by atoms with Gasteiger partial charge in [0.15, 0.2) is 0 Å². The van der Waals surface area contributed by atoms with Crippen LogP contribution in [-0.4, -0.2) is 36.8 Å². The molecular formula is C32H51NOS. The lowest BCUT2D eigenvalue weighted by atomic mass is 9.50. The number of hydrogen-bond acceptors (Lipinski definition) is 3. The Morgan fingerprint density at radius 1 is 1.20 bits per heavy atom. The first kappa shape index (κ1) is 28.5. The van der Waals surface area contributed by atoms with Gasteiger partial charge in [0.2, 0.25) is 0 Å². The van der Waals surface area contributed by atoms with Crippen LogP contribution in [0.5, 0.6) is 0 Å². The molecule has 1 aromatic rings. The van der Waals surface area contributed by atoms with Crippen LogP contribution in [0.3, 0.4) is 0 Å². The van der Waals surface area contributed by atoms with E-state index in [-0.39, 0.29) is 10.8 Å². The zero-order valence-corrected chi connectivity index (χ0v) is 24.8. The van der Waals surface area contributed by atoms with Crippen molar-refractivity contribution >= 4 is 17.4 Å². The van der Waals surface area contributed by atoms with Gasteiger partial charge in [0, 0.05) is 30.6 Å². The topological polar surface area (TPSA) is 23.5 Å². The lowest BCUT2D eigenvalue weighted by molar-refractivity contribution is -0.0873. The smallest absolute Gasteiger partial charge is 0.131 e. The first-order chi connectivity index (χ1) is 16.4. The zero-order chi connectivity index (χ0) is 26.0. The van der Waals surface area contributed by atoms with Crippen molar-refractivity contribution in [1.29, 1.82) is 0 Å². The Labute approximate surface area is 221 Å². The van der Waals surface area contributed by atoms with E-state index in [1.807, 2.05) is 11.8 Å². The fraction of sp³-hybridized carbons (Fsp3) is 0.750. The number of thioether (sulfide) groups is 1. The number of nitrogens with zero attached hydrogens (tertiary/aromatic N) is 1. The fourth-order valence-corrected chi connectivity index (χ4v) is 7.89. The Bertz CT molecular complexity index is 891. The molecule has 3 rings (SSSR count). The Balaban J connectivity index is 2.05. The van der Waals surface area contributed by atoms with Gasteiger partial charge in [-0.25, -0.2) is 0 Å². The molecule has 2 nitrogen and oxygen atoms in total. The van der Waals surface area contributed by atoms with Gasteiger partial charge >= 0.3 is 0 Å². The number of aliphatic hydroxyl groups is 1. The van der Waals surface area contributed by atoms with Gasteiger partial charge in [-0.2, -0.15) is 11.8 Å². The molecule has 2 saturated carbocycles. The van der Waals surface area contributed by atoms with Crippen LogP contribution in [0.25, 0.3) is 0 Å².